The quantitative estimate of drug-likeness (QED) is 0.870. The first-order valence-corrected chi connectivity index (χ1v) is 8.89. The topological polar surface area (TPSA) is 94.1 Å². The first-order valence-electron chi connectivity index (χ1n) is 8.89. The molecule has 2 aromatic heterocycles. The van der Waals surface area contributed by atoms with E-state index in [9.17, 15) is 9.59 Å². The Morgan fingerprint density at radius 3 is 2.68 bits per heavy atom. The van der Waals surface area contributed by atoms with E-state index >= 15 is 0 Å². The molecule has 1 fully saturated rings. The van der Waals surface area contributed by atoms with Crippen LogP contribution in [0, 0.1) is 0 Å². The third kappa shape index (κ3) is 3.65. The van der Waals surface area contributed by atoms with Crippen LogP contribution in [0.5, 0.6) is 0 Å². The highest BCUT2D eigenvalue weighted by molar-refractivity contribution is 5.96. The standard InChI is InChI=1S/C18H25N5O2/c1-12(2)22(8-7-16(19)24)18(25)13-9-15-17(20-10-13)23(11-21-15)14-5-3-4-6-14/h9-12,14H,3-8H2,1-2H3,(H2,19,24). The van der Waals surface area contributed by atoms with Gasteiger partial charge in [-0.2, -0.15) is 0 Å². The van der Waals surface area contributed by atoms with Crippen molar-refractivity contribution in [3.8, 4) is 0 Å². The molecule has 2 N–H and O–H groups in total. The molecule has 2 aromatic rings. The summed E-state index contributed by atoms with van der Waals surface area (Å²) < 4.78 is 2.13. The summed E-state index contributed by atoms with van der Waals surface area (Å²) in [5.41, 5.74) is 7.27. The molecular formula is C18H25N5O2. The molecule has 1 saturated carbocycles. The van der Waals surface area contributed by atoms with E-state index in [0.29, 0.717) is 18.2 Å². The summed E-state index contributed by atoms with van der Waals surface area (Å²) in [6, 6.07) is 2.22. The van der Waals surface area contributed by atoms with Crippen LogP contribution in [-0.2, 0) is 4.79 Å². The van der Waals surface area contributed by atoms with Gasteiger partial charge in [-0.1, -0.05) is 12.8 Å². The van der Waals surface area contributed by atoms with E-state index in [2.05, 4.69) is 14.5 Å². The van der Waals surface area contributed by atoms with E-state index in [1.807, 2.05) is 20.2 Å². The van der Waals surface area contributed by atoms with Gasteiger partial charge >= 0.3 is 0 Å². The number of rotatable bonds is 6. The first-order chi connectivity index (χ1) is 12.0. The number of hydrogen-bond donors (Lipinski definition) is 1. The molecule has 2 amide bonds. The van der Waals surface area contributed by atoms with Gasteiger partial charge in [0.05, 0.1) is 11.9 Å². The third-order valence-corrected chi connectivity index (χ3v) is 4.86. The molecule has 0 unspecified atom stereocenters. The number of carbonyl (C=O) groups excluding carboxylic acids is 2. The molecule has 7 nitrogen and oxygen atoms in total. The summed E-state index contributed by atoms with van der Waals surface area (Å²) in [4.78, 5) is 34.4. The summed E-state index contributed by atoms with van der Waals surface area (Å²) in [6.45, 7) is 4.14. The van der Waals surface area contributed by atoms with E-state index in [4.69, 9.17) is 5.73 Å². The highest BCUT2D eigenvalue weighted by Gasteiger charge is 2.22. The number of carbonyl (C=O) groups is 2. The summed E-state index contributed by atoms with van der Waals surface area (Å²) >= 11 is 0. The third-order valence-electron chi connectivity index (χ3n) is 4.86. The van der Waals surface area contributed by atoms with Crippen molar-refractivity contribution in [1.82, 2.24) is 19.4 Å². The largest absolute Gasteiger partial charge is 0.370 e. The van der Waals surface area contributed by atoms with Crippen LogP contribution in [0.2, 0.25) is 0 Å². The van der Waals surface area contributed by atoms with Crippen LogP contribution in [0.4, 0.5) is 0 Å². The number of fused-ring (bicyclic) bond motifs is 1. The van der Waals surface area contributed by atoms with Gasteiger partial charge in [0, 0.05) is 31.2 Å². The van der Waals surface area contributed by atoms with Crippen molar-refractivity contribution in [2.24, 2.45) is 5.73 Å². The molecular weight excluding hydrogens is 318 g/mol. The molecule has 7 heteroatoms. The van der Waals surface area contributed by atoms with Crippen LogP contribution >= 0.6 is 0 Å². The van der Waals surface area contributed by atoms with Gasteiger partial charge in [0.1, 0.15) is 5.52 Å². The molecule has 0 aliphatic heterocycles. The minimum atomic E-state index is -0.415. The first kappa shape index (κ1) is 17.4. The smallest absolute Gasteiger partial charge is 0.255 e. The number of amides is 2. The van der Waals surface area contributed by atoms with Crippen molar-refractivity contribution >= 4 is 23.0 Å². The van der Waals surface area contributed by atoms with E-state index in [-0.39, 0.29) is 18.4 Å². The zero-order valence-electron chi connectivity index (χ0n) is 14.8. The Hall–Kier alpha value is -2.44. The van der Waals surface area contributed by atoms with Gasteiger partial charge in [-0.3, -0.25) is 9.59 Å². The maximum atomic E-state index is 12.8. The summed E-state index contributed by atoms with van der Waals surface area (Å²) in [6.07, 6.45) is 8.38. The van der Waals surface area contributed by atoms with Crippen molar-refractivity contribution in [2.75, 3.05) is 6.54 Å². The number of nitrogens with two attached hydrogens (primary N) is 1. The van der Waals surface area contributed by atoms with E-state index in [1.165, 1.54) is 12.8 Å². The lowest BCUT2D eigenvalue weighted by atomic mass is 10.2. The van der Waals surface area contributed by atoms with Gasteiger partial charge in [0.25, 0.3) is 5.91 Å². The summed E-state index contributed by atoms with van der Waals surface area (Å²) in [5.74, 6) is -0.566. The van der Waals surface area contributed by atoms with E-state index in [1.54, 1.807) is 17.2 Å². The zero-order chi connectivity index (χ0) is 18.0. The normalized spacial score (nSPS) is 15.2. The Bertz CT molecular complexity index is 777. The highest BCUT2D eigenvalue weighted by atomic mass is 16.2. The SMILES string of the molecule is CC(C)N(CCC(N)=O)C(=O)c1cnc2c(c1)ncn2C1CCCC1. The second kappa shape index (κ2) is 7.21. The predicted molar refractivity (Wildman–Crippen MR) is 95.0 cm³/mol. The van der Waals surface area contributed by atoms with Crippen LogP contribution in [0.25, 0.3) is 11.2 Å². The molecule has 0 aromatic carbocycles. The minimum Gasteiger partial charge on any atom is -0.370 e. The second-order valence-corrected chi connectivity index (χ2v) is 6.97. The van der Waals surface area contributed by atoms with Crippen molar-refractivity contribution in [3.05, 3.63) is 24.2 Å². The number of hydrogen-bond acceptors (Lipinski definition) is 4. The molecule has 1 aliphatic carbocycles. The summed E-state index contributed by atoms with van der Waals surface area (Å²) in [5, 5.41) is 0. The van der Waals surface area contributed by atoms with Gasteiger partial charge in [-0.25, -0.2) is 9.97 Å². The fourth-order valence-electron chi connectivity index (χ4n) is 3.48. The van der Waals surface area contributed by atoms with Crippen molar-refractivity contribution < 1.29 is 9.59 Å². The molecule has 0 spiro atoms. The molecule has 0 saturated heterocycles. The van der Waals surface area contributed by atoms with Crippen LogP contribution in [0.1, 0.15) is 62.4 Å². The summed E-state index contributed by atoms with van der Waals surface area (Å²) in [7, 11) is 0. The van der Waals surface area contributed by atoms with Crippen molar-refractivity contribution in [1.29, 1.82) is 0 Å². The lowest BCUT2D eigenvalue weighted by Crippen LogP contribution is -2.39. The number of pyridine rings is 1. The van der Waals surface area contributed by atoms with Crippen LogP contribution in [0.15, 0.2) is 18.6 Å². The van der Waals surface area contributed by atoms with Gasteiger partial charge < -0.3 is 15.2 Å². The maximum absolute atomic E-state index is 12.8. The predicted octanol–water partition coefficient (Wildman–Crippen LogP) is 2.27. The van der Waals surface area contributed by atoms with Crippen LogP contribution < -0.4 is 5.73 Å². The molecule has 134 valence electrons. The Labute approximate surface area is 147 Å². The van der Waals surface area contributed by atoms with E-state index in [0.717, 1.165) is 24.0 Å². The van der Waals surface area contributed by atoms with Gasteiger partial charge in [0.15, 0.2) is 5.65 Å². The lowest BCUT2D eigenvalue weighted by Gasteiger charge is -2.26. The van der Waals surface area contributed by atoms with Gasteiger partial charge in [-0.15, -0.1) is 0 Å². The Morgan fingerprint density at radius 1 is 1.32 bits per heavy atom. The van der Waals surface area contributed by atoms with Gasteiger partial charge in [-0.05, 0) is 32.8 Å². The molecule has 2 heterocycles. The second-order valence-electron chi connectivity index (χ2n) is 6.97. The average Bonchev–Trinajstić information content (AvgIpc) is 3.22. The molecule has 0 radical (unpaired) electrons. The molecule has 25 heavy (non-hydrogen) atoms. The number of aromatic nitrogens is 3. The Balaban J connectivity index is 1.84. The van der Waals surface area contributed by atoms with Crippen molar-refractivity contribution in [3.63, 3.8) is 0 Å². The fraction of sp³-hybridized carbons (Fsp3) is 0.556. The van der Waals surface area contributed by atoms with Crippen LogP contribution in [0.3, 0.4) is 0 Å². The zero-order valence-corrected chi connectivity index (χ0v) is 14.8. The molecule has 0 atom stereocenters. The monoisotopic (exact) mass is 343 g/mol. The maximum Gasteiger partial charge on any atom is 0.255 e. The lowest BCUT2D eigenvalue weighted by molar-refractivity contribution is -0.118. The number of nitrogens with zero attached hydrogens (tertiary/aromatic N) is 4. The molecule has 3 rings (SSSR count). The Kier molecular flexibility index (Phi) is 5.01. The van der Waals surface area contributed by atoms with Crippen molar-refractivity contribution in [2.45, 2.75) is 58.0 Å². The highest BCUT2D eigenvalue weighted by Crippen LogP contribution is 2.31. The fourth-order valence-corrected chi connectivity index (χ4v) is 3.48. The number of imidazole rings is 1. The molecule has 0 bridgehead atoms. The van der Waals surface area contributed by atoms with Gasteiger partial charge in [0.2, 0.25) is 5.91 Å². The number of primary amides is 1. The minimum absolute atomic E-state index is 0.0291. The average molecular weight is 343 g/mol. The Morgan fingerprint density at radius 2 is 2.04 bits per heavy atom. The van der Waals surface area contributed by atoms with Crippen LogP contribution in [-0.4, -0.2) is 43.8 Å². The molecule has 1 aliphatic rings. The van der Waals surface area contributed by atoms with E-state index < -0.39 is 5.91 Å².